The Kier molecular flexibility index (Phi) is 4.10. The average molecular weight is 286 g/mol. The zero-order valence-corrected chi connectivity index (χ0v) is 11.3. The zero-order chi connectivity index (χ0) is 12.3. The Morgan fingerprint density at radius 2 is 2.06 bits per heavy atom. The molecule has 0 atom stereocenters. The van der Waals surface area contributed by atoms with E-state index in [0.29, 0.717) is 15.9 Å². The smallest absolute Gasteiger partial charge is 0.145 e. The fraction of sp³-hybridized carbons (Fsp3) is 0.0909. The van der Waals surface area contributed by atoms with E-state index >= 15 is 0 Å². The Balaban J connectivity index is 2.27. The second-order valence-electron chi connectivity index (χ2n) is 3.17. The van der Waals surface area contributed by atoms with E-state index in [0.717, 1.165) is 9.92 Å². The van der Waals surface area contributed by atoms with Crippen LogP contribution in [-0.2, 0) is 0 Å². The van der Waals surface area contributed by atoms with Crippen LogP contribution in [0.5, 0.6) is 0 Å². The van der Waals surface area contributed by atoms with Crippen molar-refractivity contribution in [2.75, 3.05) is 12.4 Å². The number of nitrogens with one attached hydrogen (secondary N) is 1. The van der Waals surface area contributed by atoms with Crippen LogP contribution in [0.4, 0.5) is 5.82 Å². The lowest BCUT2D eigenvalue weighted by Crippen LogP contribution is -1.94. The van der Waals surface area contributed by atoms with Gasteiger partial charge < -0.3 is 5.32 Å². The van der Waals surface area contributed by atoms with Crippen molar-refractivity contribution in [2.24, 2.45) is 0 Å². The van der Waals surface area contributed by atoms with E-state index in [1.54, 1.807) is 31.6 Å². The maximum absolute atomic E-state index is 6.08. The molecule has 1 aromatic carbocycles. The maximum Gasteiger partial charge on any atom is 0.145 e. The molecular formula is C11H9Cl2N3S. The molecule has 0 saturated carbocycles. The quantitative estimate of drug-likeness (QED) is 0.926. The third kappa shape index (κ3) is 3.25. The highest BCUT2D eigenvalue weighted by Gasteiger charge is 2.05. The minimum Gasteiger partial charge on any atom is -0.372 e. The molecule has 0 aliphatic rings. The summed E-state index contributed by atoms with van der Waals surface area (Å²) in [5.41, 5.74) is 0. The van der Waals surface area contributed by atoms with Crippen molar-refractivity contribution in [3.63, 3.8) is 0 Å². The molecule has 2 aromatic rings. The number of rotatable bonds is 3. The SMILES string of the molecule is CNc1cncc(Sc2cc(Cl)ccc2Cl)n1. The molecule has 0 aliphatic carbocycles. The normalized spacial score (nSPS) is 10.3. The summed E-state index contributed by atoms with van der Waals surface area (Å²) in [4.78, 5) is 9.29. The first kappa shape index (κ1) is 12.5. The predicted molar refractivity (Wildman–Crippen MR) is 72.2 cm³/mol. The van der Waals surface area contributed by atoms with E-state index in [9.17, 15) is 0 Å². The fourth-order valence-corrected chi connectivity index (χ4v) is 2.49. The van der Waals surface area contributed by atoms with Crippen molar-refractivity contribution >= 4 is 40.8 Å². The van der Waals surface area contributed by atoms with Crippen molar-refractivity contribution in [1.29, 1.82) is 0 Å². The Hall–Kier alpha value is -0.970. The standard InChI is InChI=1S/C11H9Cl2N3S/c1-14-10-5-15-6-11(16-10)17-9-4-7(12)2-3-8(9)13/h2-6H,1H3,(H,14,16). The molecule has 6 heteroatoms. The fourth-order valence-electron chi connectivity index (χ4n) is 1.19. The molecule has 88 valence electrons. The van der Waals surface area contributed by atoms with Crippen molar-refractivity contribution in [3.8, 4) is 0 Å². The van der Waals surface area contributed by atoms with Crippen LogP contribution in [-0.4, -0.2) is 17.0 Å². The minimum absolute atomic E-state index is 0.648. The first-order valence-corrected chi connectivity index (χ1v) is 6.39. The van der Waals surface area contributed by atoms with Crippen LogP contribution in [0.25, 0.3) is 0 Å². The van der Waals surface area contributed by atoms with Gasteiger partial charge in [0.2, 0.25) is 0 Å². The molecule has 1 N–H and O–H groups in total. The monoisotopic (exact) mass is 285 g/mol. The van der Waals surface area contributed by atoms with Crippen LogP contribution in [0.3, 0.4) is 0 Å². The lowest BCUT2D eigenvalue weighted by Gasteiger charge is -2.05. The zero-order valence-electron chi connectivity index (χ0n) is 8.95. The molecule has 3 nitrogen and oxygen atoms in total. The van der Waals surface area contributed by atoms with E-state index in [1.165, 1.54) is 11.8 Å². The first-order chi connectivity index (χ1) is 8.19. The van der Waals surface area contributed by atoms with Crippen LogP contribution >= 0.6 is 35.0 Å². The summed E-state index contributed by atoms with van der Waals surface area (Å²) in [7, 11) is 1.80. The minimum atomic E-state index is 0.648. The molecule has 0 amide bonds. The van der Waals surface area contributed by atoms with Gasteiger partial charge in [-0.05, 0) is 18.2 Å². The number of anilines is 1. The molecular weight excluding hydrogens is 277 g/mol. The lowest BCUT2D eigenvalue weighted by molar-refractivity contribution is 1.05. The topological polar surface area (TPSA) is 37.8 Å². The van der Waals surface area contributed by atoms with E-state index in [1.807, 2.05) is 6.07 Å². The van der Waals surface area contributed by atoms with Crippen molar-refractivity contribution in [3.05, 3.63) is 40.6 Å². The van der Waals surface area contributed by atoms with Gasteiger partial charge in [-0.15, -0.1) is 0 Å². The summed E-state index contributed by atoms with van der Waals surface area (Å²) in [6, 6.07) is 5.33. The van der Waals surface area contributed by atoms with Gasteiger partial charge >= 0.3 is 0 Å². The van der Waals surface area contributed by atoms with Crippen LogP contribution in [0.2, 0.25) is 10.0 Å². The van der Waals surface area contributed by atoms with Crippen molar-refractivity contribution < 1.29 is 0 Å². The predicted octanol–water partition coefficient (Wildman–Crippen LogP) is 3.98. The Morgan fingerprint density at radius 3 is 2.82 bits per heavy atom. The average Bonchev–Trinajstić information content (AvgIpc) is 2.34. The van der Waals surface area contributed by atoms with Gasteiger partial charge in [-0.1, -0.05) is 35.0 Å². The summed E-state index contributed by atoms with van der Waals surface area (Å²) in [6.45, 7) is 0. The molecule has 0 saturated heterocycles. The van der Waals surface area contributed by atoms with Gasteiger partial charge in [0.05, 0.1) is 17.4 Å². The van der Waals surface area contributed by atoms with Crippen molar-refractivity contribution in [1.82, 2.24) is 9.97 Å². The largest absolute Gasteiger partial charge is 0.372 e. The summed E-state index contributed by atoms with van der Waals surface area (Å²) in [5.74, 6) is 0.716. The van der Waals surface area contributed by atoms with Crippen LogP contribution in [0, 0.1) is 0 Å². The highest BCUT2D eigenvalue weighted by molar-refractivity contribution is 7.99. The van der Waals surface area contributed by atoms with E-state index in [4.69, 9.17) is 23.2 Å². The molecule has 0 unspecified atom stereocenters. The van der Waals surface area contributed by atoms with E-state index < -0.39 is 0 Å². The second-order valence-corrected chi connectivity index (χ2v) is 5.08. The molecule has 2 rings (SSSR count). The molecule has 17 heavy (non-hydrogen) atoms. The number of hydrogen-bond acceptors (Lipinski definition) is 4. The Morgan fingerprint density at radius 1 is 1.24 bits per heavy atom. The second kappa shape index (κ2) is 5.58. The van der Waals surface area contributed by atoms with Gasteiger partial charge in [-0.2, -0.15) is 0 Å². The van der Waals surface area contributed by atoms with Gasteiger partial charge in [0.1, 0.15) is 10.8 Å². The van der Waals surface area contributed by atoms with Gasteiger partial charge in [-0.3, -0.25) is 4.98 Å². The van der Waals surface area contributed by atoms with Crippen LogP contribution in [0.1, 0.15) is 0 Å². The molecule has 0 spiro atoms. The molecule has 1 aromatic heterocycles. The molecule has 0 bridgehead atoms. The lowest BCUT2D eigenvalue weighted by atomic mass is 10.4. The summed E-state index contributed by atoms with van der Waals surface area (Å²) < 4.78 is 0. The van der Waals surface area contributed by atoms with E-state index in [2.05, 4.69) is 15.3 Å². The number of halogens is 2. The number of hydrogen-bond donors (Lipinski definition) is 1. The van der Waals surface area contributed by atoms with Gasteiger partial charge in [0.15, 0.2) is 0 Å². The van der Waals surface area contributed by atoms with Gasteiger partial charge in [0, 0.05) is 17.0 Å². The van der Waals surface area contributed by atoms with Crippen molar-refractivity contribution in [2.45, 2.75) is 9.92 Å². The summed E-state index contributed by atoms with van der Waals surface area (Å²) >= 11 is 13.4. The van der Waals surface area contributed by atoms with Gasteiger partial charge in [-0.25, -0.2) is 4.98 Å². The Bertz CT molecular complexity index is 534. The van der Waals surface area contributed by atoms with Gasteiger partial charge in [0.25, 0.3) is 0 Å². The first-order valence-electron chi connectivity index (χ1n) is 4.82. The molecule has 0 radical (unpaired) electrons. The summed E-state index contributed by atoms with van der Waals surface area (Å²) in [5, 5.41) is 4.99. The number of nitrogens with zero attached hydrogens (tertiary/aromatic N) is 2. The third-order valence-corrected chi connectivity index (χ3v) is 3.62. The van der Waals surface area contributed by atoms with Crippen LogP contribution in [0.15, 0.2) is 40.5 Å². The Labute approximate surface area is 114 Å². The molecule has 1 heterocycles. The third-order valence-electron chi connectivity index (χ3n) is 1.98. The maximum atomic E-state index is 6.08. The molecule has 0 fully saturated rings. The van der Waals surface area contributed by atoms with Crippen LogP contribution < -0.4 is 5.32 Å². The summed E-state index contributed by atoms with van der Waals surface area (Å²) in [6.07, 6.45) is 3.34. The highest BCUT2D eigenvalue weighted by Crippen LogP contribution is 2.34. The number of aromatic nitrogens is 2. The molecule has 0 aliphatic heterocycles. The van der Waals surface area contributed by atoms with E-state index in [-0.39, 0.29) is 0 Å². The number of benzene rings is 1. The highest BCUT2D eigenvalue weighted by atomic mass is 35.5.